The fourth-order valence-electron chi connectivity index (χ4n) is 4.84. The molecule has 2 unspecified atom stereocenters. The summed E-state index contributed by atoms with van der Waals surface area (Å²) < 4.78 is 0. The molecule has 5 nitrogen and oxygen atoms in total. The van der Waals surface area contributed by atoms with Gasteiger partial charge in [0.1, 0.15) is 0 Å². The average molecular weight is 520 g/mol. The quantitative estimate of drug-likeness (QED) is 0.347. The van der Waals surface area contributed by atoms with Gasteiger partial charge >= 0.3 is 0 Å². The van der Waals surface area contributed by atoms with Gasteiger partial charge in [-0.2, -0.15) is 0 Å². The number of hydrogen-bond acceptors (Lipinski definition) is 4. The number of amides is 1. The van der Waals surface area contributed by atoms with Crippen LogP contribution >= 0.6 is 23.2 Å². The molecule has 7 heteroatoms. The van der Waals surface area contributed by atoms with Crippen molar-refractivity contribution in [1.29, 1.82) is 0 Å². The van der Waals surface area contributed by atoms with E-state index in [1.165, 1.54) is 5.56 Å². The van der Waals surface area contributed by atoms with E-state index in [1.807, 2.05) is 12.1 Å². The topological polar surface area (TPSA) is 70.4 Å². The van der Waals surface area contributed by atoms with Gasteiger partial charge in [0.25, 0.3) is 0 Å². The standard InChI is InChI=1S/C28H40Cl2N4O/c1-20(2)14-27(28(35)33-18-22-15-23(29)17-24(30)16-22)32-12-10-26(34-13-11-25(31)19-34)9-8-21-6-4-3-5-7-21/h3-7,15-17,20,25-27,32H,8-14,18-19,31H2,1-2H3,(H,33,35)/t25?,26?,27-/m1/s1. The molecule has 3 rings (SSSR count). The Balaban J connectivity index is 1.55. The maximum atomic E-state index is 13.0. The van der Waals surface area contributed by atoms with Crippen molar-refractivity contribution < 1.29 is 4.79 Å². The summed E-state index contributed by atoms with van der Waals surface area (Å²) in [7, 11) is 0. The first kappa shape index (κ1) is 27.9. The van der Waals surface area contributed by atoms with Crippen molar-refractivity contribution in [3.63, 3.8) is 0 Å². The second kappa shape index (κ2) is 14.2. The molecule has 0 aromatic heterocycles. The molecule has 0 radical (unpaired) electrons. The van der Waals surface area contributed by atoms with E-state index in [-0.39, 0.29) is 18.0 Å². The number of rotatable bonds is 13. The van der Waals surface area contributed by atoms with Gasteiger partial charge in [-0.1, -0.05) is 67.4 Å². The Morgan fingerprint density at radius 3 is 2.43 bits per heavy atom. The number of benzene rings is 2. The Kier molecular flexibility index (Phi) is 11.3. The highest BCUT2D eigenvalue weighted by Gasteiger charge is 2.27. The Bertz CT molecular complexity index is 904. The second-order valence-corrected chi connectivity index (χ2v) is 11.0. The highest BCUT2D eigenvalue weighted by molar-refractivity contribution is 6.34. The molecule has 1 aliphatic rings. The largest absolute Gasteiger partial charge is 0.351 e. The van der Waals surface area contributed by atoms with Gasteiger partial charge in [0.05, 0.1) is 6.04 Å². The van der Waals surface area contributed by atoms with Gasteiger partial charge in [-0.05, 0) is 73.9 Å². The minimum Gasteiger partial charge on any atom is -0.351 e. The van der Waals surface area contributed by atoms with Gasteiger partial charge in [0.2, 0.25) is 5.91 Å². The number of nitrogens with zero attached hydrogens (tertiary/aromatic N) is 1. The molecule has 4 N–H and O–H groups in total. The predicted octanol–water partition coefficient (Wildman–Crippen LogP) is 5.04. The highest BCUT2D eigenvalue weighted by atomic mass is 35.5. The Hall–Kier alpha value is -1.63. The Morgan fingerprint density at radius 2 is 1.80 bits per heavy atom. The monoisotopic (exact) mass is 518 g/mol. The summed E-state index contributed by atoms with van der Waals surface area (Å²) >= 11 is 12.2. The minimum absolute atomic E-state index is 0.0128. The highest BCUT2D eigenvalue weighted by Crippen LogP contribution is 2.20. The minimum atomic E-state index is -0.236. The van der Waals surface area contributed by atoms with Crippen LogP contribution < -0.4 is 16.4 Å². The average Bonchev–Trinajstić information content (AvgIpc) is 3.24. The molecule has 1 aliphatic heterocycles. The van der Waals surface area contributed by atoms with Crippen molar-refractivity contribution in [3.05, 3.63) is 69.7 Å². The van der Waals surface area contributed by atoms with Gasteiger partial charge in [-0.15, -0.1) is 0 Å². The van der Waals surface area contributed by atoms with E-state index < -0.39 is 0 Å². The van der Waals surface area contributed by atoms with Crippen LogP contribution in [-0.4, -0.2) is 48.6 Å². The number of carbonyl (C=O) groups is 1. The maximum Gasteiger partial charge on any atom is 0.237 e. The number of likely N-dealkylation sites (tertiary alicyclic amines) is 1. The van der Waals surface area contributed by atoms with Crippen LogP contribution in [0.4, 0.5) is 0 Å². The van der Waals surface area contributed by atoms with E-state index >= 15 is 0 Å². The van der Waals surface area contributed by atoms with Gasteiger partial charge in [-0.25, -0.2) is 0 Å². The van der Waals surface area contributed by atoms with Crippen LogP contribution in [0.15, 0.2) is 48.5 Å². The fourth-order valence-corrected chi connectivity index (χ4v) is 5.41. The number of carbonyl (C=O) groups excluding carboxylic acids is 1. The number of hydrogen-bond donors (Lipinski definition) is 3. The van der Waals surface area contributed by atoms with Crippen LogP contribution in [0.3, 0.4) is 0 Å². The summed E-state index contributed by atoms with van der Waals surface area (Å²) in [4.78, 5) is 15.6. The third kappa shape index (κ3) is 9.74. The number of nitrogens with two attached hydrogens (primary N) is 1. The van der Waals surface area contributed by atoms with E-state index in [2.05, 4.69) is 59.7 Å². The summed E-state index contributed by atoms with van der Waals surface area (Å²) in [6.07, 6.45) is 4.97. The SMILES string of the molecule is CC(C)C[C@@H](NCCC(CCc1ccccc1)N1CCC(N)C1)C(=O)NCc1cc(Cl)cc(Cl)c1. The zero-order valence-corrected chi connectivity index (χ0v) is 22.5. The fraction of sp³-hybridized carbons (Fsp3) is 0.536. The van der Waals surface area contributed by atoms with E-state index in [1.54, 1.807) is 6.07 Å². The van der Waals surface area contributed by atoms with Crippen LogP contribution in [0.5, 0.6) is 0 Å². The van der Waals surface area contributed by atoms with Crippen LogP contribution in [0.1, 0.15) is 50.7 Å². The molecular formula is C28H40Cl2N4O. The van der Waals surface area contributed by atoms with Crippen molar-refractivity contribution in [2.24, 2.45) is 11.7 Å². The lowest BCUT2D eigenvalue weighted by molar-refractivity contribution is -0.123. The van der Waals surface area contributed by atoms with Gasteiger partial charge in [0.15, 0.2) is 0 Å². The first-order chi connectivity index (χ1) is 16.8. The summed E-state index contributed by atoms with van der Waals surface area (Å²) in [6.45, 7) is 7.50. The van der Waals surface area contributed by atoms with Crippen molar-refractivity contribution in [1.82, 2.24) is 15.5 Å². The molecule has 192 valence electrons. The Morgan fingerprint density at radius 1 is 1.09 bits per heavy atom. The molecule has 1 heterocycles. The summed E-state index contributed by atoms with van der Waals surface area (Å²) in [5.74, 6) is 0.420. The summed E-state index contributed by atoms with van der Waals surface area (Å²) in [5, 5.41) is 7.75. The molecule has 0 aliphatic carbocycles. The molecule has 2 aromatic carbocycles. The van der Waals surface area contributed by atoms with E-state index in [0.29, 0.717) is 28.5 Å². The lowest BCUT2D eigenvalue weighted by Gasteiger charge is -2.29. The molecule has 3 atom stereocenters. The number of nitrogens with one attached hydrogen (secondary N) is 2. The van der Waals surface area contributed by atoms with E-state index in [9.17, 15) is 4.79 Å². The molecule has 1 saturated heterocycles. The lowest BCUT2D eigenvalue weighted by Crippen LogP contribution is -2.46. The van der Waals surface area contributed by atoms with Crippen LogP contribution in [0, 0.1) is 5.92 Å². The van der Waals surface area contributed by atoms with Gasteiger partial charge in [0, 0.05) is 41.8 Å². The van der Waals surface area contributed by atoms with Crippen molar-refractivity contribution in [2.45, 2.75) is 70.6 Å². The van der Waals surface area contributed by atoms with Crippen LogP contribution in [0.2, 0.25) is 10.0 Å². The number of halogens is 2. The normalized spacial score (nSPS) is 18.1. The van der Waals surface area contributed by atoms with E-state index in [0.717, 1.165) is 57.3 Å². The number of aryl methyl sites for hydroxylation is 1. The smallest absolute Gasteiger partial charge is 0.237 e. The van der Waals surface area contributed by atoms with Crippen molar-refractivity contribution in [2.75, 3.05) is 19.6 Å². The molecule has 0 spiro atoms. The third-order valence-electron chi connectivity index (χ3n) is 6.66. The lowest BCUT2D eigenvalue weighted by atomic mass is 10.00. The molecule has 1 fully saturated rings. The van der Waals surface area contributed by atoms with Gasteiger partial charge < -0.3 is 16.4 Å². The molecule has 0 saturated carbocycles. The van der Waals surface area contributed by atoms with Crippen LogP contribution in [0.25, 0.3) is 0 Å². The Labute approximate surface area is 220 Å². The summed E-state index contributed by atoms with van der Waals surface area (Å²) in [6, 6.07) is 16.5. The molecular weight excluding hydrogens is 479 g/mol. The van der Waals surface area contributed by atoms with Crippen molar-refractivity contribution in [3.8, 4) is 0 Å². The van der Waals surface area contributed by atoms with Crippen molar-refractivity contribution >= 4 is 29.1 Å². The molecule has 2 aromatic rings. The second-order valence-electron chi connectivity index (χ2n) is 10.1. The molecule has 1 amide bonds. The van der Waals surface area contributed by atoms with Crippen LogP contribution in [-0.2, 0) is 17.8 Å². The summed E-state index contributed by atoms with van der Waals surface area (Å²) in [5.41, 5.74) is 8.48. The maximum absolute atomic E-state index is 13.0. The van der Waals surface area contributed by atoms with E-state index in [4.69, 9.17) is 28.9 Å². The zero-order chi connectivity index (χ0) is 25.2. The molecule has 0 bridgehead atoms. The first-order valence-corrected chi connectivity index (χ1v) is 13.6. The zero-order valence-electron chi connectivity index (χ0n) is 21.0. The predicted molar refractivity (Wildman–Crippen MR) is 147 cm³/mol. The molecule has 35 heavy (non-hydrogen) atoms. The third-order valence-corrected chi connectivity index (χ3v) is 7.10. The van der Waals surface area contributed by atoms with Gasteiger partial charge in [-0.3, -0.25) is 9.69 Å². The first-order valence-electron chi connectivity index (χ1n) is 12.8.